The van der Waals surface area contributed by atoms with Gasteiger partial charge in [-0.25, -0.2) is 0 Å². The van der Waals surface area contributed by atoms with E-state index in [1.807, 2.05) is 12.1 Å². The minimum absolute atomic E-state index is 0.0469. The van der Waals surface area contributed by atoms with Gasteiger partial charge in [-0.15, -0.1) is 0 Å². The minimum atomic E-state index is -1.77. The first-order valence-corrected chi connectivity index (χ1v) is 15.7. The van der Waals surface area contributed by atoms with Crippen LogP contribution < -0.4 is 9.47 Å². The molecule has 2 aliphatic heterocycles. The van der Waals surface area contributed by atoms with Gasteiger partial charge in [0.05, 0.1) is 26.4 Å². The lowest BCUT2D eigenvalue weighted by molar-refractivity contribution is -0.358. The maximum atomic E-state index is 11.0. The molecule has 0 spiro atoms. The first-order valence-electron chi connectivity index (χ1n) is 15.7. The highest BCUT2D eigenvalue weighted by Crippen LogP contribution is 2.61. The van der Waals surface area contributed by atoms with E-state index in [1.54, 1.807) is 0 Å². The molecule has 0 amide bonds. The second kappa shape index (κ2) is 12.5. The molecule has 5 aliphatic rings. The molecule has 13 nitrogen and oxygen atoms in total. The van der Waals surface area contributed by atoms with Crippen molar-refractivity contribution >= 4 is 0 Å². The lowest BCUT2D eigenvalue weighted by Gasteiger charge is -2.50. The number of ether oxygens (including phenoxy) is 5. The van der Waals surface area contributed by atoms with Crippen molar-refractivity contribution in [3.63, 3.8) is 0 Å². The molecule has 13 heteroatoms. The SMILES string of the molecule is COc1cc2c(cc1O[C@@H]1O[C@H](CO)[C@@H](O)[C@H](O)[C@H]1O[C@@H]1O[C@H](CO)[C@@H](O)[C@H](O)[C@H]1O)CC[C@@H]1[C@@H]2CC[C@]2(C)[C@@H](O)CC[C@@H]12. The van der Waals surface area contributed by atoms with Gasteiger partial charge in [-0.1, -0.05) is 6.92 Å². The van der Waals surface area contributed by atoms with Crippen molar-refractivity contribution in [2.24, 2.45) is 17.3 Å². The van der Waals surface area contributed by atoms with E-state index in [-0.39, 0.29) is 17.3 Å². The molecular weight excluding hydrogens is 580 g/mol. The number of methoxy groups -OCH3 is 1. The average molecular weight is 627 g/mol. The summed E-state index contributed by atoms with van der Waals surface area (Å²) >= 11 is 0. The maximum absolute atomic E-state index is 11.0. The monoisotopic (exact) mass is 626 g/mol. The Hall–Kier alpha value is -1.62. The summed E-state index contributed by atoms with van der Waals surface area (Å²) < 4.78 is 29.1. The van der Waals surface area contributed by atoms with Crippen molar-refractivity contribution in [1.29, 1.82) is 0 Å². The van der Waals surface area contributed by atoms with Crippen LogP contribution in [0.5, 0.6) is 11.5 Å². The minimum Gasteiger partial charge on any atom is -0.493 e. The molecule has 0 radical (unpaired) electrons. The Kier molecular flexibility index (Phi) is 9.21. The number of hydrogen-bond donors (Lipinski definition) is 8. The van der Waals surface area contributed by atoms with E-state index in [4.69, 9.17) is 23.7 Å². The highest BCUT2D eigenvalue weighted by Gasteiger charge is 2.55. The smallest absolute Gasteiger partial charge is 0.229 e. The van der Waals surface area contributed by atoms with Crippen LogP contribution in [-0.2, 0) is 20.6 Å². The number of aryl methyl sites for hydroxylation is 1. The van der Waals surface area contributed by atoms with Gasteiger partial charge in [0.15, 0.2) is 23.9 Å². The molecule has 0 bridgehead atoms. The summed E-state index contributed by atoms with van der Waals surface area (Å²) in [4.78, 5) is 0. The van der Waals surface area contributed by atoms with Gasteiger partial charge < -0.3 is 64.5 Å². The Bertz CT molecular complexity index is 1170. The number of hydrogen-bond acceptors (Lipinski definition) is 13. The molecule has 2 saturated carbocycles. The van der Waals surface area contributed by atoms with E-state index in [9.17, 15) is 40.9 Å². The average Bonchev–Trinajstić information content (AvgIpc) is 3.33. The summed E-state index contributed by atoms with van der Waals surface area (Å²) in [5.41, 5.74) is 2.23. The molecule has 8 N–H and O–H groups in total. The molecule has 6 rings (SSSR count). The highest BCUT2D eigenvalue weighted by molar-refractivity contribution is 5.50. The zero-order valence-corrected chi connectivity index (χ0v) is 25.0. The van der Waals surface area contributed by atoms with Gasteiger partial charge in [-0.05, 0) is 85.0 Å². The van der Waals surface area contributed by atoms with E-state index in [1.165, 1.54) is 12.7 Å². The quantitative estimate of drug-likeness (QED) is 0.181. The van der Waals surface area contributed by atoms with Crippen LogP contribution in [0.4, 0.5) is 0 Å². The molecule has 4 fully saturated rings. The first-order chi connectivity index (χ1) is 21.0. The topological polar surface area (TPSA) is 208 Å². The Balaban J connectivity index is 1.27. The summed E-state index contributed by atoms with van der Waals surface area (Å²) in [6.07, 6.45) is -10.1. The molecule has 1 aromatic rings. The van der Waals surface area contributed by atoms with E-state index >= 15 is 0 Å². The molecule has 248 valence electrons. The molecule has 1 aromatic carbocycles. The molecule has 0 aromatic heterocycles. The fourth-order valence-electron chi connectivity index (χ4n) is 8.56. The number of aliphatic hydroxyl groups is 8. The second-order valence-corrected chi connectivity index (χ2v) is 13.4. The molecular formula is C31H46O13. The van der Waals surface area contributed by atoms with Gasteiger partial charge in [0, 0.05) is 0 Å². The Morgan fingerprint density at radius 3 is 2.16 bits per heavy atom. The second-order valence-electron chi connectivity index (χ2n) is 13.4. The van der Waals surface area contributed by atoms with Crippen LogP contribution >= 0.6 is 0 Å². The summed E-state index contributed by atoms with van der Waals surface area (Å²) in [6, 6.07) is 3.85. The number of benzene rings is 1. The number of fused-ring (bicyclic) bond motifs is 5. The molecule has 0 unspecified atom stereocenters. The van der Waals surface area contributed by atoms with Crippen LogP contribution in [0, 0.1) is 17.3 Å². The Labute approximate surface area is 255 Å². The van der Waals surface area contributed by atoms with Crippen molar-refractivity contribution in [2.75, 3.05) is 20.3 Å². The summed E-state index contributed by atoms with van der Waals surface area (Å²) in [7, 11) is 1.51. The van der Waals surface area contributed by atoms with Gasteiger partial charge in [0.25, 0.3) is 0 Å². The van der Waals surface area contributed by atoms with Crippen LogP contribution in [0.25, 0.3) is 0 Å². The summed E-state index contributed by atoms with van der Waals surface area (Å²) in [6.45, 7) is 0.916. The van der Waals surface area contributed by atoms with E-state index in [2.05, 4.69) is 6.92 Å². The van der Waals surface area contributed by atoms with Gasteiger partial charge in [0.2, 0.25) is 6.29 Å². The molecule has 3 aliphatic carbocycles. The third kappa shape index (κ3) is 5.33. The van der Waals surface area contributed by atoms with Crippen molar-refractivity contribution in [2.45, 2.75) is 119 Å². The normalized spacial score (nSPS) is 47.0. The van der Waals surface area contributed by atoms with Crippen LogP contribution in [-0.4, -0.2) is 129 Å². The zero-order chi connectivity index (χ0) is 31.5. The fraction of sp³-hybridized carbons (Fsp3) is 0.806. The molecule has 2 saturated heterocycles. The first kappa shape index (κ1) is 32.3. The van der Waals surface area contributed by atoms with Crippen LogP contribution in [0.3, 0.4) is 0 Å². The Morgan fingerprint density at radius 1 is 0.795 bits per heavy atom. The van der Waals surface area contributed by atoms with Crippen molar-refractivity contribution < 1.29 is 64.5 Å². The summed E-state index contributed by atoms with van der Waals surface area (Å²) in [5.74, 6) is 1.96. The fourth-order valence-corrected chi connectivity index (χ4v) is 8.56. The lowest BCUT2D eigenvalue weighted by atomic mass is 9.55. The van der Waals surface area contributed by atoms with Crippen molar-refractivity contribution in [3.8, 4) is 11.5 Å². The van der Waals surface area contributed by atoms with E-state index < -0.39 is 74.6 Å². The van der Waals surface area contributed by atoms with E-state index in [0.717, 1.165) is 44.1 Å². The van der Waals surface area contributed by atoms with Gasteiger partial charge in [-0.3, -0.25) is 0 Å². The molecule has 15 atom stereocenters. The lowest BCUT2D eigenvalue weighted by Crippen LogP contribution is -2.65. The highest BCUT2D eigenvalue weighted by atomic mass is 16.8. The van der Waals surface area contributed by atoms with Crippen molar-refractivity contribution in [1.82, 2.24) is 0 Å². The number of rotatable bonds is 7. The number of aliphatic hydroxyl groups excluding tert-OH is 8. The standard InChI is InChI=1S/C31H46O13/c1-31-8-7-14-15(17(31)5-6-22(31)34)4-3-13-9-19(18(40-2)10-16(13)14)41-30-28(26(38)24(36)21(12-33)43-30)44-29-27(39)25(37)23(35)20(11-32)42-29/h9-10,14-15,17,20-30,32-39H,3-8,11-12H2,1-2H3/t14-,15+,17-,20+,21+,22-,23+,24+,25-,26-,27+,28+,29-,30+,31-/m0/s1. The summed E-state index contributed by atoms with van der Waals surface area (Å²) in [5, 5.41) is 82.7. The van der Waals surface area contributed by atoms with Gasteiger partial charge in [0.1, 0.15) is 42.7 Å². The zero-order valence-electron chi connectivity index (χ0n) is 25.0. The Morgan fingerprint density at radius 2 is 1.48 bits per heavy atom. The van der Waals surface area contributed by atoms with E-state index in [0.29, 0.717) is 23.5 Å². The van der Waals surface area contributed by atoms with Gasteiger partial charge in [-0.2, -0.15) is 0 Å². The molecule has 44 heavy (non-hydrogen) atoms. The molecule has 2 heterocycles. The maximum Gasteiger partial charge on any atom is 0.229 e. The third-order valence-electron chi connectivity index (χ3n) is 11.2. The third-order valence-corrected chi connectivity index (χ3v) is 11.2. The predicted octanol–water partition coefficient (Wildman–Crippen LogP) is -1.08. The van der Waals surface area contributed by atoms with Crippen LogP contribution in [0.15, 0.2) is 12.1 Å². The predicted molar refractivity (Wildman–Crippen MR) is 151 cm³/mol. The van der Waals surface area contributed by atoms with Crippen LogP contribution in [0.2, 0.25) is 0 Å². The largest absolute Gasteiger partial charge is 0.493 e. The van der Waals surface area contributed by atoms with Gasteiger partial charge >= 0.3 is 0 Å². The van der Waals surface area contributed by atoms with Crippen LogP contribution in [0.1, 0.15) is 56.1 Å². The van der Waals surface area contributed by atoms with Crippen molar-refractivity contribution in [3.05, 3.63) is 23.3 Å².